The molecule has 1 atom stereocenters. The zero-order chi connectivity index (χ0) is 20.1. The number of amides is 1. The first-order chi connectivity index (χ1) is 13.5. The summed E-state index contributed by atoms with van der Waals surface area (Å²) in [6.07, 6.45) is 2.36. The number of carbonyl (C=O) groups is 1. The van der Waals surface area contributed by atoms with E-state index in [4.69, 9.17) is 0 Å². The molecule has 0 aliphatic rings. The molecule has 3 rings (SSSR count). The second-order valence-corrected chi connectivity index (χ2v) is 7.87. The summed E-state index contributed by atoms with van der Waals surface area (Å²) in [6, 6.07) is 11.8. The first kappa shape index (κ1) is 20.1. The van der Waals surface area contributed by atoms with E-state index in [-0.39, 0.29) is 24.1 Å². The first-order valence-corrected chi connectivity index (χ1v) is 10.4. The van der Waals surface area contributed by atoms with E-state index < -0.39 is 5.69 Å². The molecular formula is C21H25N3O3S. The Morgan fingerprint density at radius 3 is 2.61 bits per heavy atom. The van der Waals surface area contributed by atoms with Crippen LogP contribution in [0.3, 0.4) is 0 Å². The molecule has 0 bridgehead atoms. The van der Waals surface area contributed by atoms with E-state index >= 15 is 0 Å². The zero-order valence-corrected chi connectivity index (χ0v) is 17.0. The van der Waals surface area contributed by atoms with Crippen molar-refractivity contribution >= 4 is 27.5 Å². The minimum atomic E-state index is -0.426. The van der Waals surface area contributed by atoms with Crippen molar-refractivity contribution in [3.8, 4) is 0 Å². The number of hydrogen-bond acceptors (Lipinski definition) is 4. The van der Waals surface area contributed by atoms with Crippen LogP contribution in [-0.4, -0.2) is 21.1 Å². The van der Waals surface area contributed by atoms with Gasteiger partial charge in [0.1, 0.15) is 11.2 Å². The lowest BCUT2D eigenvalue weighted by atomic mass is 10.1. The van der Waals surface area contributed by atoms with Crippen LogP contribution in [0.2, 0.25) is 0 Å². The highest BCUT2D eigenvalue weighted by Crippen LogP contribution is 2.15. The third-order valence-corrected chi connectivity index (χ3v) is 5.59. The van der Waals surface area contributed by atoms with Crippen molar-refractivity contribution in [2.24, 2.45) is 0 Å². The van der Waals surface area contributed by atoms with Gasteiger partial charge in [-0.3, -0.25) is 18.7 Å². The van der Waals surface area contributed by atoms with Gasteiger partial charge in [0.2, 0.25) is 5.91 Å². The molecule has 0 saturated heterocycles. The van der Waals surface area contributed by atoms with Crippen molar-refractivity contribution in [1.82, 2.24) is 14.5 Å². The molecule has 0 radical (unpaired) electrons. The third-order valence-electron chi connectivity index (χ3n) is 4.70. The molecule has 0 aliphatic carbocycles. The van der Waals surface area contributed by atoms with E-state index in [1.807, 2.05) is 32.0 Å². The number of aromatic nitrogens is 2. The highest BCUT2D eigenvalue weighted by molar-refractivity contribution is 7.17. The summed E-state index contributed by atoms with van der Waals surface area (Å²) in [5, 5.41) is 4.74. The van der Waals surface area contributed by atoms with Crippen LogP contribution in [-0.2, 0) is 24.3 Å². The van der Waals surface area contributed by atoms with Crippen LogP contribution < -0.4 is 16.6 Å². The predicted molar refractivity (Wildman–Crippen MR) is 113 cm³/mol. The average molecular weight is 400 g/mol. The van der Waals surface area contributed by atoms with Gasteiger partial charge in [-0.15, -0.1) is 11.3 Å². The molecule has 1 amide bonds. The van der Waals surface area contributed by atoms with E-state index in [0.717, 1.165) is 12.8 Å². The van der Waals surface area contributed by atoms with Gasteiger partial charge in [0, 0.05) is 12.6 Å². The molecule has 28 heavy (non-hydrogen) atoms. The first-order valence-electron chi connectivity index (χ1n) is 9.55. The lowest BCUT2D eigenvalue weighted by Gasteiger charge is -2.16. The second kappa shape index (κ2) is 9.01. The summed E-state index contributed by atoms with van der Waals surface area (Å²) >= 11 is 1.30. The second-order valence-electron chi connectivity index (χ2n) is 6.95. The quantitative estimate of drug-likeness (QED) is 0.633. The van der Waals surface area contributed by atoms with Crippen LogP contribution in [0.4, 0.5) is 0 Å². The number of nitrogens with zero attached hydrogens (tertiary/aromatic N) is 2. The van der Waals surface area contributed by atoms with Crippen molar-refractivity contribution in [1.29, 1.82) is 0 Å². The number of thiophene rings is 1. The predicted octanol–water partition coefficient (Wildman–Crippen LogP) is 2.77. The lowest BCUT2D eigenvalue weighted by molar-refractivity contribution is -0.122. The van der Waals surface area contributed by atoms with Gasteiger partial charge in [-0.1, -0.05) is 37.3 Å². The zero-order valence-electron chi connectivity index (χ0n) is 16.2. The summed E-state index contributed by atoms with van der Waals surface area (Å²) in [7, 11) is 0. The number of aryl methyl sites for hydroxylation is 1. The Morgan fingerprint density at radius 2 is 1.89 bits per heavy atom. The van der Waals surface area contributed by atoms with Crippen molar-refractivity contribution < 1.29 is 4.79 Å². The summed E-state index contributed by atoms with van der Waals surface area (Å²) in [6.45, 7) is 4.13. The minimum absolute atomic E-state index is 0.0112. The Bertz CT molecular complexity index is 1070. The highest BCUT2D eigenvalue weighted by Gasteiger charge is 2.16. The van der Waals surface area contributed by atoms with Gasteiger partial charge < -0.3 is 5.32 Å². The Balaban J connectivity index is 1.73. The molecule has 1 unspecified atom stereocenters. The average Bonchev–Trinajstić information content (AvgIpc) is 3.18. The molecule has 2 heterocycles. The fourth-order valence-corrected chi connectivity index (χ4v) is 4.11. The molecule has 0 saturated carbocycles. The monoisotopic (exact) mass is 399 g/mol. The fraction of sp³-hybridized carbons (Fsp3) is 0.381. The largest absolute Gasteiger partial charge is 0.352 e. The Labute approximate surface area is 167 Å². The minimum Gasteiger partial charge on any atom is -0.352 e. The maximum atomic E-state index is 12.8. The van der Waals surface area contributed by atoms with E-state index in [1.54, 1.807) is 11.4 Å². The number of fused-ring (bicyclic) bond motifs is 1. The Kier molecular flexibility index (Phi) is 6.46. The summed E-state index contributed by atoms with van der Waals surface area (Å²) < 4.78 is 3.14. The van der Waals surface area contributed by atoms with Gasteiger partial charge in [0.05, 0.1) is 5.52 Å². The molecular weight excluding hydrogens is 374 g/mol. The van der Waals surface area contributed by atoms with Gasteiger partial charge in [-0.25, -0.2) is 4.79 Å². The number of rotatable bonds is 8. The molecule has 2 aromatic heterocycles. The topological polar surface area (TPSA) is 73.1 Å². The lowest BCUT2D eigenvalue weighted by Crippen LogP contribution is -2.43. The normalized spacial score (nSPS) is 12.2. The molecule has 1 N–H and O–H groups in total. The van der Waals surface area contributed by atoms with E-state index in [0.29, 0.717) is 23.2 Å². The molecule has 3 aromatic rings. The van der Waals surface area contributed by atoms with Gasteiger partial charge in [0.15, 0.2) is 0 Å². The van der Waals surface area contributed by atoms with E-state index in [1.165, 1.54) is 26.0 Å². The van der Waals surface area contributed by atoms with Crippen molar-refractivity contribution in [3.05, 3.63) is 68.2 Å². The number of nitrogens with one attached hydrogen (secondary N) is 1. The fourth-order valence-electron chi connectivity index (χ4n) is 3.27. The van der Waals surface area contributed by atoms with Crippen molar-refractivity contribution in [2.45, 2.75) is 52.2 Å². The van der Waals surface area contributed by atoms with Crippen LogP contribution in [0.25, 0.3) is 10.2 Å². The van der Waals surface area contributed by atoms with Crippen LogP contribution in [0.1, 0.15) is 32.3 Å². The number of hydrogen-bond donors (Lipinski definition) is 1. The highest BCUT2D eigenvalue weighted by atomic mass is 32.1. The van der Waals surface area contributed by atoms with E-state index in [9.17, 15) is 14.4 Å². The molecule has 6 nitrogen and oxygen atoms in total. The summed E-state index contributed by atoms with van der Waals surface area (Å²) in [5.74, 6) is -0.225. The van der Waals surface area contributed by atoms with Gasteiger partial charge >= 0.3 is 5.69 Å². The smallest absolute Gasteiger partial charge is 0.332 e. The molecule has 0 fully saturated rings. The van der Waals surface area contributed by atoms with Crippen LogP contribution in [0.15, 0.2) is 51.4 Å². The maximum absolute atomic E-state index is 12.8. The molecule has 0 spiro atoms. The Hall–Kier alpha value is -2.67. The van der Waals surface area contributed by atoms with Crippen molar-refractivity contribution in [3.63, 3.8) is 0 Å². The molecule has 148 valence electrons. The third kappa shape index (κ3) is 4.42. The van der Waals surface area contributed by atoms with Gasteiger partial charge in [-0.05, 0) is 43.2 Å². The van der Waals surface area contributed by atoms with Crippen LogP contribution >= 0.6 is 11.3 Å². The summed E-state index contributed by atoms with van der Waals surface area (Å²) in [5.41, 5.74) is 1.06. The molecule has 1 aromatic carbocycles. The van der Waals surface area contributed by atoms with Crippen LogP contribution in [0, 0.1) is 0 Å². The standard InChI is InChI=1S/C21H25N3O3S/c1-3-12-23-20(26)19-17(11-13-28-19)24(21(23)27)14-18(25)22-15(2)9-10-16-7-5-4-6-8-16/h4-8,11,13,15H,3,9-10,12,14H2,1-2H3,(H,22,25). The summed E-state index contributed by atoms with van der Waals surface area (Å²) in [4.78, 5) is 37.8. The van der Waals surface area contributed by atoms with Gasteiger partial charge in [-0.2, -0.15) is 0 Å². The van der Waals surface area contributed by atoms with Crippen LogP contribution in [0.5, 0.6) is 0 Å². The van der Waals surface area contributed by atoms with E-state index in [2.05, 4.69) is 17.4 Å². The maximum Gasteiger partial charge on any atom is 0.332 e. The SMILES string of the molecule is CCCn1c(=O)c2sccc2n(CC(=O)NC(C)CCc2ccccc2)c1=O. The number of carbonyl (C=O) groups excluding carboxylic acids is 1. The Morgan fingerprint density at radius 1 is 1.14 bits per heavy atom. The number of benzene rings is 1. The van der Waals surface area contributed by atoms with Gasteiger partial charge in [0.25, 0.3) is 5.56 Å². The van der Waals surface area contributed by atoms with Crippen molar-refractivity contribution in [2.75, 3.05) is 0 Å². The molecule has 7 heteroatoms. The molecule has 0 aliphatic heterocycles.